The van der Waals surface area contributed by atoms with Crippen LogP contribution in [0.5, 0.6) is 5.75 Å². The molecular weight excluding hydrogens is 490 g/mol. The van der Waals surface area contributed by atoms with Gasteiger partial charge in [-0.1, -0.05) is 12.1 Å². The Labute approximate surface area is 209 Å². The Morgan fingerprint density at radius 1 is 1.06 bits per heavy atom. The number of carbonyl (C=O) groups excluding carboxylic acids is 4. The van der Waals surface area contributed by atoms with Crippen molar-refractivity contribution in [3.05, 3.63) is 74.7 Å². The summed E-state index contributed by atoms with van der Waals surface area (Å²) in [5, 5.41) is 10.2. The van der Waals surface area contributed by atoms with Crippen LogP contribution in [0.25, 0.3) is 6.08 Å². The zero-order valence-electron chi connectivity index (χ0n) is 19.0. The molecule has 0 N–H and O–H groups in total. The Hall–Kier alpha value is -4.03. The van der Waals surface area contributed by atoms with Gasteiger partial charge in [-0.05, 0) is 47.7 Å². The van der Waals surface area contributed by atoms with E-state index in [9.17, 15) is 29.3 Å². The summed E-state index contributed by atoms with van der Waals surface area (Å²) in [4.78, 5) is 62.6. The molecule has 0 radical (unpaired) electrons. The van der Waals surface area contributed by atoms with E-state index in [0.29, 0.717) is 37.6 Å². The maximum absolute atomic E-state index is 12.7. The van der Waals surface area contributed by atoms with E-state index in [0.717, 1.165) is 16.7 Å². The second-order valence-electron chi connectivity index (χ2n) is 7.85. The molecule has 2 fully saturated rings. The number of nitro benzene ring substituents is 1. The van der Waals surface area contributed by atoms with Crippen LogP contribution >= 0.6 is 11.8 Å². The van der Waals surface area contributed by atoms with Crippen molar-refractivity contribution in [1.29, 1.82) is 0 Å². The Morgan fingerprint density at radius 3 is 2.36 bits per heavy atom. The van der Waals surface area contributed by atoms with Gasteiger partial charge in [0, 0.05) is 30.8 Å². The number of imide groups is 1. The monoisotopic (exact) mass is 511 g/mol. The molecule has 0 spiro atoms. The van der Waals surface area contributed by atoms with Gasteiger partial charge in [-0.25, -0.2) is 0 Å². The molecule has 2 aliphatic heterocycles. The molecule has 0 saturated carbocycles. The number of Topliss-reactive ketones (excluding diaryl/α,β-unsaturated/α-hetero) is 1. The van der Waals surface area contributed by atoms with Crippen molar-refractivity contribution >= 4 is 46.4 Å². The van der Waals surface area contributed by atoms with Gasteiger partial charge in [0.1, 0.15) is 5.75 Å². The summed E-state index contributed by atoms with van der Waals surface area (Å²) in [6, 6.07) is 11.6. The minimum absolute atomic E-state index is 0.0962. The number of rotatable bonds is 8. The number of hydrogen-bond acceptors (Lipinski definition) is 9. The number of benzene rings is 2. The maximum Gasteiger partial charge on any atom is 0.293 e. The number of amides is 3. The Bertz CT molecular complexity index is 1220. The molecule has 2 heterocycles. The normalized spacial score (nSPS) is 16.9. The molecule has 0 atom stereocenters. The average Bonchev–Trinajstić information content (AvgIpc) is 3.15. The lowest BCUT2D eigenvalue weighted by atomic mass is 10.1. The number of hydrogen-bond donors (Lipinski definition) is 0. The quantitative estimate of drug-likeness (QED) is 0.227. The van der Waals surface area contributed by atoms with Gasteiger partial charge in [0.25, 0.3) is 22.7 Å². The highest BCUT2D eigenvalue weighted by Crippen LogP contribution is 2.32. The molecule has 0 bridgehead atoms. The number of nitro groups is 1. The van der Waals surface area contributed by atoms with Crippen molar-refractivity contribution in [3.8, 4) is 5.75 Å². The number of morpholine rings is 1. The van der Waals surface area contributed by atoms with Crippen molar-refractivity contribution in [2.24, 2.45) is 0 Å². The molecule has 0 aromatic heterocycles. The van der Waals surface area contributed by atoms with E-state index in [1.807, 2.05) is 0 Å². The van der Waals surface area contributed by atoms with Crippen LogP contribution in [0.3, 0.4) is 0 Å². The summed E-state index contributed by atoms with van der Waals surface area (Å²) in [6.07, 6.45) is 1.53. The molecule has 0 aliphatic carbocycles. The lowest BCUT2D eigenvalue weighted by Gasteiger charge is -2.26. The number of carbonyl (C=O) groups is 4. The Morgan fingerprint density at radius 2 is 1.72 bits per heavy atom. The average molecular weight is 512 g/mol. The van der Waals surface area contributed by atoms with Crippen LogP contribution in [0.4, 0.5) is 10.5 Å². The van der Waals surface area contributed by atoms with E-state index in [2.05, 4.69) is 0 Å². The van der Waals surface area contributed by atoms with Crippen LogP contribution in [-0.4, -0.2) is 77.0 Å². The number of ketones is 1. The number of ether oxygens (including phenoxy) is 2. The standard InChI is InChI=1S/C24H21N3O8S/c28-20(17-3-5-18(6-4-17)27(32)33)14-26-23(30)21(36-24(26)31)13-16-1-7-19(8-2-16)35-15-22(29)25-9-11-34-12-10-25/h1-8,13H,9-12,14-15H2/b21-13+. The van der Waals surface area contributed by atoms with Gasteiger partial charge in [0.2, 0.25) is 0 Å². The van der Waals surface area contributed by atoms with Crippen molar-refractivity contribution in [3.63, 3.8) is 0 Å². The fraction of sp³-hybridized carbons (Fsp3) is 0.250. The Balaban J connectivity index is 1.34. The fourth-order valence-electron chi connectivity index (χ4n) is 3.50. The van der Waals surface area contributed by atoms with Gasteiger partial charge in [0.05, 0.1) is 29.6 Å². The SMILES string of the molecule is O=C(CN1C(=O)S/C(=C/c2ccc(OCC(=O)N3CCOCC3)cc2)C1=O)c1ccc([N+](=O)[O-])cc1. The fourth-order valence-corrected chi connectivity index (χ4v) is 4.34. The van der Waals surface area contributed by atoms with Gasteiger partial charge in [-0.15, -0.1) is 0 Å². The minimum atomic E-state index is -0.600. The Kier molecular flexibility index (Phi) is 7.76. The molecule has 186 valence electrons. The molecule has 0 unspecified atom stereocenters. The highest BCUT2D eigenvalue weighted by Gasteiger charge is 2.36. The molecule has 12 heteroatoms. The minimum Gasteiger partial charge on any atom is -0.484 e. The van der Waals surface area contributed by atoms with Crippen molar-refractivity contribution in [2.75, 3.05) is 39.5 Å². The van der Waals surface area contributed by atoms with Crippen LogP contribution in [0.15, 0.2) is 53.4 Å². The lowest BCUT2D eigenvalue weighted by Crippen LogP contribution is -2.42. The predicted octanol–water partition coefficient (Wildman–Crippen LogP) is 2.75. The molecular formula is C24H21N3O8S. The highest BCUT2D eigenvalue weighted by molar-refractivity contribution is 8.18. The zero-order chi connectivity index (χ0) is 25.7. The highest BCUT2D eigenvalue weighted by atomic mass is 32.2. The summed E-state index contributed by atoms with van der Waals surface area (Å²) >= 11 is 0.720. The van der Waals surface area contributed by atoms with Crippen LogP contribution in [0.2, 0.25) is 0 Å². The number of non-ortho nitro benzene ring substituents is 1. The molecule has 4 rings (SSSR count). The summed E-state index contributed by atoms with van der Waals surface area (Å²) < 4.78 is 10.8. The van der Waals surface area contributed by atoms with E-state index in [4.69, 9.17) is 9.47 Å². The third-order valence-corrected chi connectivity index (χ3v) is 6.39. The molecule has 11 nitrogen and oxygen atoms in total. The summed E-state index contributed by atoms with van der Waals surface area (Å²) in [5.74, 6) is -0.756. The van der Waals surface area contributed by atoms with Crippen molar-refractivity contribution < 1.29 is 33.6 Å². The van der Waals surface area contributed by atoms with Crippen LogP contribution < -0.4 is 4.74 Å². The second-order valence-corrected chi connectivity index (χ2v) is 8.84. The number of nitrogens with zero attached hydrogens (tertiary/aromatic N) is 3. The largest absolute Gasteiger partial charge is 0.484 e. The maximum atomic E-state index is 12.7. The van der Waals surface area contributed by atoms with E-state index < -0.39 is 28.4 Å². The van der Waals surface area contributed by atoms with Crippen LogP contribution in [0.1, 0.15) is 15.9 Å². The van der Waals surface area contributed by atoms with E-state index in [1.54, 1.807) is 29.2 Å². The van der Waals surface area contributed by atoms with Gasteiger partial charge in [-0.3, -0.25) is 34.2 Å². The molecule has 2 saturated heterocycles. The third-order valence-electron chi connectivity index (χ3n) is 5.48. The third kappa shape index (κ3) is 5.96. The van der Waals surface area contributed by atoms with Crippen molar-refractivity contribution in [1.82, 2.24) is 9.80 Å². The zero-order valence-corrected chi connectivity index (χ0v) is 19.8. The van der Waals surface area contributed by atoms with Gasteiger partial charge < -0.3 is 14.4 Å². The van der Waals surface area contributed by atoms with Crippen LogP contribution in [-0.2, 0) is 14.3 Å². The molecule has 2 aromatic rings. The predicted molar refractivity (Wildman–Crippen MR) is 129 cm³/mol. The summed E-state index contributed by atoms with van der Waals surface area (Å²) in [7, 11) is 0. The molecule has 2 aliphatic rings. The van der Waals surface area contributed by atoms with Crippen molar-refractivity contribution in [2.45, 2.75) is 0 Å². The van der Waals surface area contributed by atoms with Gasteiger partial charge in [0.15, 0.2) is 12.4 Å². The summed E-state index contributed by atoms with van der Waals surface area (Å²) in [5.41, 5.74) is 0.626. The first-order valence-corrected chi connectivity index (χ1v) is 11.7. The van der Waals surface area contributed by atoms with E-state index in [-0.39, 0.29) is 28.7 Å². The summed E-state index contributed by atoms with van der Waals surface area (Å²) in [6.45, 7) is 1.53. The first-order chi connectivity index (χ1) is 17.3. The van der Waals surface area contributed by atoms with Gasteiger partial charge >= 0.3 is 0 Å². The first-order valence-electron chi connectivity index (χ1n) is 10.9. The number of thioether (sulfide) groups is 1. The van der Waals surface area contributed by atoms with E-state index >= 15 is 0 Å². The smallest absolute Gasteiger partial charge is 0.293 e. The second kappa shape index (κ2) is 11.1. The first kappa shape index (κ1) is 25.1. The molecule has 36 heavy (non-hydrogen) atoms. The topological polar surface area (TPSA) is 136 Å². The van der Waals surface area contributed by atoms with Crippen LogP contribution in [0, 0.1) is 10.1 Å². The van der Waals surface area contributed by atoms with E-state index in [1.165, 1.54) is 30.3 Å². The molecule has 3 amide bonds. The molecule has 2 aromatic carbocycles. The van der Waals surface area contributed by atoms with Gasteiger partial charge in [-0.2, -0.15) is 0 Å². The lowest BCUT2D eigenvalue weighted by molar-refractivity contribution is -0.384.